The number of halogens is 1. The molecule has 0 aliphatic carbocycles. The number of hydrogen-bond acceptors (Lipinski definition) is 2. The van der Waals surface area contributed by atoms with E-state index in [2.05, 4.69) is 60.2 Å². The molecule has 0 aliphatic rings. The van der Waals surface area contributed by atoms with E-state index in [9.17, 15) is 0 Å². The molecule has 1 N–H and O–H groups in total. The Labute approximate surface area is 117 Å². The van der Waals surface area contributed by atoms with Crippen LogP contribution < -0.4 is 5.32 Å². The van der Waals surface area contributed by atoms with E-state index in [1.165, 1.54) is 16.7 Å². The normalized spacial score (nSPS) is 12.7. The molecule has 0 spiro atoms. The van der Waals surface area contributed by atoms with E-state index in [1.807, 2.05) is 6.07 Å². The zero-order valence-electron chi connectivity index (χ0n) is 11.0. The molecule has 0 aliphatic heterocycles. The van der Waals surface area contributed by atoms with Gasteiger partial charge in [0.2, 0.25) is 0 Å². The zero-order valence-corrected chi connectivity index (χ0v) is 12.5. The molecule has 18 heavy (non-hydrogen) atoms. The molecule has 0 bridgehead atoms. The van der Waals surface area contributed by atoms with Gasteiger partial charge < -0.3 is 9.73 Å². The first-order valence-corrected chi connectivity index (χ1v) is 6.89. The monoisotopic (exact) mass is 307 g/mol. The first-order chi connectivity index (χ1) is 8.58. The largest absolute Gasteiger partial charge is 0.467 e. The summed E-state index contributed by atoms with van der Waals surface area (Å²) in [6.45, 7) is 7.18. The van der Waals surface area contributed by atoms with E-state index in [0.29, 0.717) is 6.04 Å². The predicted octanol–water partition coefficient (Wildman–Crippen LogP) is 4.51. The second-order valence-corrected chi connectivity index (χ2v) is 5.51. The summed E-state index contributed by atoms with van der Waals surface area (Å²) in [6, 6.07) is 8.79. The summed E-state index contributed by atoms with van der Waals surface area (Å²) in [5.41, 5.74) is 3.97. The molecule has 2 rings (SSSR count). The molecule has 2 aromatic rings. The summed E-state index contributed by atoms with van der Waals surface area (Å²) < 4.78 is 6.41. The van der Waals surface area contributed by atoms with Crippen molar-refractivity contribution in [2.24, 2.45) is 0 Å². The Balaban J connectivity index is 2.03. The van der Waals surface area contributed by atoms with Crippen molar-refractivity contribution >= 4 is 15.9 Å². The molecule has 1 unspecified atom stereocenters. The molecule has 0 amide bonds. The molecule has 1 aromatic carbocycles. The van der Waals surface area contributed by atoms with Gasteiger partial charge in [-0.05, 0) is 53.9 Å². The van der Waals surface area contributed by atoms with Crippen molar-refractivity contribution in [3.8, 4) is 0 Å². The third-order valence-electron chi connectivity index (χ3n) is 3.15. The van der Waals surface area contributed by atoms with Gasteiger partial charge in [0.05, 0.1) is 17.3 Å². The van der Waals surface area contributed by atoms with Gasteiger partial charge in [-0.25, -0.2) is 0 Å². The van der Waals surface area contributed by atoms with Crippen molar-refractivity contribution in [3.63, 3.8) is 0 Å². The third-order valence-corrected chi connectivity index (χ3v) is 3.86. The SMILES string of the molecule is Cc1ccc(C(C)NCc2occc2Br)c(C)c1. The summed E-state index contributed by atoms with van der Waals surface area (Å²) in [4.78, 5) is 0. The van der Waals surface area contributed by atoms with Gasteiger partial charge >= 0.3 is 0 Å². The smallest absolute Gasteiger partial charge is 0.131 e. The van der Waals surface area contributed by atoms with E-state index in [0.717, 1.165) is 16.8 Å². The maximum absolute atomic E-state index is 5.39. The number of nitrogens with one attached hydrogen (secondary N) is 1. The highest BCUT2D eigenvalue weighted by molar-refractivity contribution is 9.10. The van der Waals surface area contributed by atoms with E-state index < -0.39 is 0 Å². The number of furan rings is 1. The number of rotatable bonds is 4. The van der Waals surface area contributed by atoms with Crippen molar-refractivity contribution < 1.29 is 4.42 Å². The topological polar surface area (TPSA) is 25.2 Å². The summed E-state index contributed by atoms with van der Waals surface area (Å²) in [7, 11) is 0. The minimum Gasteiger partial charge on any atom is -0.467 e. The third kappa shape index (κ3) is 3.03. The fourth-order valence-corrected chi connectivity index (χ4v) is 2.46. The molecule has 3 heteroatoms. The second kappa shape index (κ2) is 5.72. The van der Waals surface area contributed by atoms with Gasteiger partial charge in [-0.1, -0.05) is 23.8 Å². The van der Waals surface area contributed by atoms with Crippen molar-refractivity contribution in [3.05, 3.63) is 57.5 Å². The summed E-state index contributed by atoms with van der Waals surface area (Å²) >= 11 is 3.46. The number of benzene rings is 1. The lowest BCUT2D eigenvalue weighted by molar-refractivity contribution is 0.458. The van der Waals surface area contributed by atoms with Gasteiger partial charge in [0.15, 0.2) is 0 Å². The van der Waals surface area contributed by atoms with Gasteiger partial charge in [0.1, 0.15) is 5.76 Å². The molecule has 1 aromatic heterocycles. The van der Waals surface area contributed by atoms with E-state index in [-0.39, 0.29) is 0 Å². The van der Waals surface area contributed by atoms with Crippen LogP contribution in [0.5, 0.6) is 0 Å². The van der Waals surface area contributed by atoms with Crippen LogP contribution in [0.4, 0.5) is 0 Å². The van der Waals surface area contributed by atoms with Crippen molar-refractivity contribution in [1.29, 1.82) is 0 Å². The van der Waals surface area contributed by atoms with Gasteiger partial charge in [-0.3, -0.25) is 0 Å². The van der Waals surface area contributed by atoms with Crippen LogP contribution in [-0.2, 0) is 6.54 Å². The van der Waals surface area contributed by atoms with Gasteiger partial charge in [0.25, 0.3) is 0 Å². The van der Waals surface area contributed by atoms with Crippen molar-refractivity contribution in [1.82, 2.24) is 5.32 Å². The lowest BCUT2D eigenvalue weighted by atomic mass is 10.0. The Morgan fingerprint density at radius 2 is 2.06 bits per heavy atom. The van der Waals surface area contributed by atoms with Crippen LogP contribution in [0.25, 0.3) is 0 Å². The van der Waals surface area contributed by atoms with Crippen LogP contribution in [0.2, 0.25) is 0 Å². The highest BCUT2D eigenvalue weighted by atomic mass is 79.9. The first kappa shape index (κ1) is 13.4. The van der Waals surface area contributed by atoms with Crippen LogP contribution in [0, 0.1) is 13.8 Å². The molecular weight excluding hydrogens is 290 g/mol. The van der Waals surface area contributed by atoms with Crippen molar-refractivity contribution in [2.45, 2.75) is 33.4 Å². The fraction of sp³-hybridized carbons (Fsp3) is 0.333. The second-order valence-electron chi connectivity index (χ2n) is 4.65. The molecule has 0 radical (unpaired) electrons. The van der Waals surface area contributed by atoms with Crippen LogP contribution >= 0.6 is 15.9 Å². The average molecular weight is 308 g/mol. The summed E-state index contributed by atoms with van der Waals surface area (Å²) in [6.07, 6.45) is 1.70. The average Bonchev–Trinajstić information content (AvgIpc) is 2.72. The Bertz CT molecular complexity index is 533. The quantitative estimate of drug-likeness (QED) is 0.899. The summed E-state index contributed by atoms with van der Waals surface area (Å²) in [5, 5.41) is 3.48. The highest BCUT2D eigenvalue weighted by Gasteiger charge is 2.10. The molecule has 2 nitrogen and oxygen atoms in total. The van der Waals surface area contributed by atoms with E-state index >= 15 is 0 Å². The number of hydrogen-bond donors (Lipinski definition) is 1. The molecular formula is C15H18BrNO. The summed E-state index contributed by atoms with van der Waals surface area (Å²) in [5.74, 6) is 0.937. The van der Waals surface area contributed by atoms with Crippen LogP contribution in [0.1, 0.15) is 35.4 Å². The lowest BCUT2D eigenvalue weighted by Gasteiger charge is -2.16. The number of aryl methyl sites for hydroxylation is 2. The minimum atomic E-state index is 0.308. The van der Waals surface area contributed by atoms with Crippen molar-refractivity contribution in [2.75, 3.05) is 0 Å². The maximum atomic E-state index is 5.39. The fourth-order valence-electron chi connectivity index (χ4n) is 2.12. The van der Waals surface area contributed by atoms with Gasteiger partial charge in [-0.2, -0.15) is 0 Å². The highest BCUT2D eigenvalue weighted by Crippen LogP contribution is 2.21. The van der Waals surface area contributed by atoms with E-state index in [4.69, 9.17) is 4.42 Å². The maximum Gasteiger partial charge on any atom is 0.131 e. The Morgan fingerprint density at radius 3 is 2.67 bits per heavy atom. The Hall–Kier alpha value is -1.06. The van der Waals surface area contributed by atoms with E-state index in [1.54, 1.807) is 6.26 Å². The van der Waals surface area contributed by atoms with Crippen LogP contribution in [0.15, 0.2) is 39.4 Å². The molecule has 0 saturated heterocycles. The van der Waals surface area contributed by atoms with Crippen LogP contribution in [-0.4, -0.2) is 0 Å². The molecule has 1 atom stereocenters. The first-order valence-electron chi connectivity index (χ1n) is 6.10. The molecule has 0 saturated carbocycles. The van der Waals surface area contributed by atoms with Gasteiger partial charge in [0, 0.05) is 6.04 Å². The molecule has 0 fully saturated rings. The zero-order chi connectivity index (χ0) is 13.1. The lowest BCUT2D eigenvalue weighted by Crippen LogP contribution is -2.18. The Morgan fingerprint density at radius 1 is 1.28 bits per heavy atom. The van der Waals surface area contributed by atoms with Crippen LogP contribution in [0.3, 0.4) is 0 Å². The van der Waals surface area contributed by atoms with Gasteiger partial charge in [-0.15, -0.1) is 0 Å². The Kier molecular flexibility index (Phi) is 4.25. The minimum absolute atomic E-state index is 0.308. The standard InChI is InChI=1S/C15H18BrNO/c1-10-4-5-13(11(2)8-10)12(3)17-9-15-14(16)6-7-18-15/h4-8,12,17H,9H2,1-3H3. The molecule has 1 heterocycles. The molecule has 96 valence electrons. The predicted molar refractivity (Wildman–Crippen MR) is 77.6 cm³/mol.